The molecule has 1 aliphatic heterocycles. The molecule has 2 rings (SSSR count). The maximum absolute atomic E-state index is 9.65. The fourth-order valence-corrected chi connectivity index (χ4v) is 2.12. The van der Waals surface area contributed by atoms with Crippen LogP contribution in [0.1, 0.15) is 33.3 Å². The van der Waals surface area contributed by atoms with Crippen LogP contribution in [0.4, 0.5) is 0 Å². The molecule has 5 heteroatoms. The van der Waals surface area contributed by atoms with Crippen molar-refractivity contribution in [1.29, 1.82) is 0 Å². The lowest BCUT2D eigenvalue weighted by molar-refractivity contribution is 0.00578. The van der Waals surface area contributed by atoms with E-state index in [1.807, 2.05) is 27.7 Å². The molecular weight excluding hydrogens is 243 g/mol. The molecular formula is C14H21BO4. The minimum absolute atomic E-state index is 0.0529. The van der Waals surface area contributed by atoms with Crippen molar-refractivity contribution in [1.82, 2.24) is 0 Å². The first-order valence-electron chi connectivity index (χ1n) is 6.55. The summed E-state index contributed by atoms with van der Waals surface area (Å²) < 4.78 is 12.0. The van der Waals surface area contributed by atoms with Gasteiger partial charge in [-0.3, -0.25) is 0 Å². The van der Waals surface area contributed by atoms with Gasteiger partial charge in [0.25, 0.3) is 0 Å². The third-order valence-electron chi connectivity index (χ3n) is 4.02. The van der Waals surface area contributed by atoms with Crippen LogP contribution in [0.3, 0.4) is 0 Å². The van der Waals surface area contributed by atoms with E-state index < -0.39 is 18.3 Å². The van der Waals surface area contributed by atoms with Crippen LogP contribution >= 0.6 is 0 Å². The van der Waals surface area contributed by atoms with Gasteiger partial charge in [-0.15, -0.1) is 0 Å². The quantitative estimate of drug-likeness (QED) is 0.806. The number of hydrogen-bond donors (Lipinski definition) is 2. The summed E-state index contributed by atoms with van der Waals surface area (Å²) in [4.78, 5) is 0. The summed E-state index contributed by atoms with van der Waals surface area (Å²) in [5.74, 6) is 0.173. The van der Waals surface area contributed by atoms with Gasteiger partial charge < -0.3 is 19.5 Å². The SMILES string of the molecule is CC1(C)OB(c2cc(O)ccc2CCO)OC1(C)C. The molecule has 0 aromatic heterocycles. The fourth-order valence-electron chi connectivity index (χ4n) is 2.12. The van der Waals surface area contributed by atoms with Crippen LogP contribution in [0.5, 0.6) is 5.75 Å². The summed E-state index contributed by atoms with van der Waals surface area (Å²) in [5.41, 5.74) is 0.880. The van der Waals surface area contributed by atoms with Crippen LogP contribution in [0, 0.1) is 0 Å². The highest BCUT2D eigenvalue weighted by atomic mass is 16.7. The fraction of sp³-hybridized carbons (Fsp3) is 0.571. The molecule has 0 unspecified atom stereocenters. The van der Waals surface area contributed by atoms with E-state index in [1.165, 1.54) is 0 Å². The van der Waals surface area contributed by atoms with Crippen LogP contribution in [0.25, 0.3) is 0 Å². The molecule has 1 aliphatic rings. The number of aliphatic hydroxyl groups excluding tert-OH is 1. The topological polar surface area (TPSA) is 58.9 Å². The monoisotopic (exact) mass is 264 g/mol. The molecule has 0 amide bonds. The number of phenolic OH excluding ortho intramolecular Hbond substituents is 1. The zero-order valence-corrected chi connectivity index (χ0v) is 11.9. The van der Waals surface area contributed by atoms with Crippen molar-refractivity contribution in [3.63, 3.8) is 0 Å². The Bertz CT molecular complexity index is 455. The third kappa shape index (κ3) is 2.64. The molecule has 0 saturated carbocycles. The van der Waals surface area contributed by atoms with Crippen molar-refractivity contribution in [2.75, 3.05) is 6.61 Å². The van der Waals surface area contributed by atoms with Crippen LogP contribution in [0.15, 0.2) is 18.2 Å². The zero-order chi connectivity index (χ0) is 14.3. The minimum atomic E-state index is -0.515. The Morgan fingerprint density at radius 2 is 1.68 bits per heavy atom. The Morgan fingerprint density at radius 3 is 2.21 bits per heavy atom. The van der Waals surface area contributed by atoms with Crippen molar-refractivity contribution in [2.24, 2.45) is 0 Å². The second kappa shape index (κ2) is 4.82. The molecule has 1 aromatic carbocycles. The van der Waals surface area contributed by atoms with E-state index in [1.54, 1.807) is 18.2 Å². The smallest absolute Gasteiger partial charge is 0.495 e. The van der Waals surface area contributed by atoms with Crippen LogP contribution < -0.4 is 5.46 Å². The van der Waals surface area contributed by atoms with E-state index in [0.717, 1.165) is 11.0 Å². The maximum Gasteiger partial charge on any atom is 0.495 e. The van der Waals surface area contributed by atoms with E-state index >= 15 is 0 Å². The van der Waals surface area contributed by atoms with Crippen LogP contribution in [-0.2, 0) is 15.7 Å². The number of hydrogen-bond acceptors (Lipinski definition) is 4. The van der Waals surface area contributed by atoms with Gasteiger partial charge >= 0.3 is 7.12 Å². The highest BCUT2D eigenvalue weighted by Crippen LogP contribution is 2.36. The van der Waals surface area contributed by atoms with E-state index in [-0.39, 0.29) is 12.4 Å². The predicted octanol–water partition coefficient (Wildman–Crippen LogP) is 1.23. The van der Waals surface area contributed by atoms with Gasteiger partial charge in [-0.05, 0) is 57.3 Å². The van der Waals surface area contributed by atoms with Gasteiger partial charge in [0.1, 0.15) is 5.75 Å². The Kier molecular flexibility index (Phi) is 3.64. The number of phenols is 1. The Balaban J connectivity index is 2.35. The third-order valence-corrected chi connectivity index (χ3v) is 4.02. The van der Waals surface area contributed by atoms with E-state index in [0.29, 0.717) is 6.42 Å². The molecule has 1 fully saturated rings. The molecule has 1 aromatic rings. The molecule has 19 heavy (non-hydrogen) atoms. The molecule has 4 nitrogen and oxygen atoms in total. The first kappa shape index (κ1) is 14.4. The first-order chi connectivity index (χ1) is 8.77. The first-order valence-corrected chi connectivity index (χ1v) is 6.55. The Hall–Kier alpha value is -1.04. The number of benzene rings is 1. The normalized spacial score (nSPS) is 20.8. The van der Waals surface area contributed by atoms with Crippen molar-refractivity contribution in [3.05, 3.63) is 23.8 Å². The lowest BCUT2D eigenvalue weighted by Gasteiger charge is -2.32. The van der Waals surface area contributed by atoms with Gasteiger partial charge in [0.2, 0.25) is 0 Å². The van der Waals surface area contributed by atoms with Gasteiger partial charge in [0.15, 0.2) is 0 Å². The van der Waals surface area contributed by atoms with E-state index in [2.05, 4.69) is 0 Å². The number of aliphatic hydroxyl groups is 1. The van der Waals surface area contributed by atoms with Gasteiger partial charge in [-0.25, -0.2) is 0 Å². The van der Waals surface area contributed by atoms with Crippen molar-refractivity contribution < 1.29 is 19.5 Å². The van der Waals surface area contributed by atoms with Crippen molar-refractivity contribution >= 4 is 12.6 Å². The largest absolute Gasteiger partial charge is 0.508 e. The number of rotatable bonds is 3. The summed E-state index contributed by atoms with van der Waals surface area (Å²) in [6.07, 6.45) is 0.514. The standard InChI is InChI=1S/C14H21BO4/c1-13(2)14(3,4)19-15(18-13)12-9-11(17)6-5-10(12)7-8-16/h5-6,9,16-17H,7-8H2,1-4H3. The lowest BCUT2D eigenvalue weighted by atomic mass is 9.75. The highest BCUT2D eigenvalue weighted by Gasteiger charge is 2.52. The van der Waals surface area contributed by atoms with Gasteiger partial charge in [-0.1, -0.05) is 6.07 Å². The summed E-state index contributed by atoms with van der Waals surface area (Å²) >= 11 is 0. The van der Waals surface area contributed by atoms with Crippen LogP contribution in [0.2, 0.25) is 0 Å². The highest BCUT2D eigenvalue weighted by molar-refractivity contribution is 6.62. The summed E-state index contributed by atoms with van der Waals surface area (Å²) in [5, 5.41) is 18.8. The maximum atomic E-state index is 9.65. The lowest BCUT2D eigenvalue weighted by Crippen LogP contribution is -2.41. The average molecular weight is 264 g/mol. The van der Waals surface area contributed by atoms with Crippen LogP contribution in [-0.4, -0.2) is 35.1 Å². The second-order valence-electron chi connectivity index (χ2n) is 5.94. The predicted molar refractivity (Wildman–Crippen MR) is 74.6 cm³/mol. The molecule has 104 valence electrons. The van der Waals surface area contributed by atoms with Crippen molar-refractivity contribution in [2.45, 2.75) is 45.3 Å². The van der Waals surface area contributed by atoms with Gasteiger partial charge in [0, 0.05) is 6.61 Å². The van der Waals surface area contributed by atoms with Gasteiger partial charge in [-0.2, -0.15) is 0 Å². The number of aromatic hydroxyl groups is 1. The summed E-state index contributed by atoms with van der Waals surface area (Å²) in [6, 6.07) is 5.05. The molecule has 0 aliphatic carbocycles. The molecule has 1 saturated heterocycles. The Morgan fingerprint density at radius 1 is 1.11 bits per heavy atom. The van der Waals surface area contributed by atoms with E-state index in [9.17, 15) is 5.11 Å². The second-order valence-corrected chi connectivity index (χ2v) is 5.94. The molecule has 0 radical (unpaired) electrons. The molecule has 1 heterocycles. The zero-order valence-electron chi connectivity index (χ0n) is 11.9. The molecule has 2 N–H and O–H groups in total. The minimum Gasteiger partial charge on any atom is -0.508 e. The van der Waals surface area contributed by atoms with E-state index in [4.69, 9.17) is 14.4 Å². The average Bonchev–Trinajstić information content (AvgIpc) is 2.51. The molecule has 0 bridgehead atoms. The molecule has 0 atom stereocenters. The summed E-state index contributed by atoms with van der Waals surface area (Å²) in [7, 11) is -0.515. The summed E-state index contributed by atoms with van der Waals surface area (Å²) in [6.45, 7) is 8.00. The Labute approximate surface area is 114 Å². The van der Waals surface area contributed by atoms with Crippen molar-refractivity contribution in [3.8, 4) is 5.75 Å². The molecule has 0 spiro atoms. The van der Waals surface area contributed by atoms with Gasteiger partial charge in [0.05, 0.1) is 11.2 Å².